The van der Waals surface area contributed by atoms with Gasteiger partial charge in [-0.2, -0.15) is 0 Å². The van der Waals surface area contributed by atoms with Crippen LogP contribution in [0.2, 0.25) is 4.34 Å². The van der Waals surface area contributed by atoms with E-state index in [2.05, 4.69) is 21.2 Å². The summed E-state index contributed by atoms with van der Waals surface area (Å²) in [6.07, 6.45) is 0. The highest BCUT2D eigenvalue weighted by atomic mass is 79.9. The standard InChI is InChI=1S/C12H10BrClN2O2S/c1-7-2-3-10(11(4-7)16(17)18)15-6-8-5-9(13)12(14)19-8/h2-5,15H,6H2,1H3. The predicted molar refractivity (Wildman–Crippen MR) is 82.2 cm³/mol. The van der Waals surface area contributed by atoms with E-state index in [9.17, 15) is 10.1 Å². The van der Waals surface area contributed by atoms with E-state index >= 15 is 0 Å². The van der Waals surface area contributed by atoms with Gasteiger partial charge in [0, 0.05) is 22.0 Å². The maximum Gasteiger partial charge on any atom is 0.292 e. The molecule has 0 unspecified atom stereocenters. The van der Waals surface area contributed by atoms with Crippen LogP contribution in [0.25, 0.3) is 0 Å². The Hall–Kier alpha value is -1.11. The second-order valence-corrected chi connectivity index (χ2v) is 6.56. The largest absolute Gasteiger partial charge is 0.375 e. The van der Waals surface area contributed by atoms with E-state index in [1.807, 2.05) is 19.1 Å². The topological polar surface area (TPSA) is 55.2 Å². The van der Waals surface area contributed by atoms with Gasteiger partial charge in [0.1, 0.15) is 10.0 Å². The Kier molecular flexibility index (Phi) is 4.44. The molecule has 4 nitrogen and oxygen atoms in total. The zero-order valence-corrected chi connectivity index (χ0v) is 13.1. The molecule has 0 atom stereocenters. The Balaban J connectivity index is 2.17. The molecule has 0 radical (unpaired) electrons. The van der Waals surface area contributed by atoms with Crippen molar-refractivity contribution in [1.82, 2.24) is 0 Å². The van der Waals surface area contributed by atoms with Crippen LogP contribution in [-0.4, -0.2) is 4.92 Å². The van der Waals surface area contributed by atoms with Crippen LogP contribution in [0, 0.1) is 17.0 Å². The van der Waals surface area contributed by atoms with E-state index in [1.165, 1.54) is 11.3 Å². The third-order valence-electron chi connectivity index (χ3n) is 2.50. The number of anilines is 1. The van der Waals surface area contributed by atoms with Crippen LogP contribution in [0.1, 0.15) is 10.4 Å². The third kappa shape index (κ3) is 3.46. The van der Waals surface area contributed by atoms with Crippen LogP contribution in [0.5, 0.6) is 0 Å². The average molecular weight is 362 g/mol. The summed E-state index contributed by atoms with van der Waals surface area (Å²) >= 11 is 10.7. The van der Waals surface area contributed by atoms with Crippen LogP contribution >= 0.6 is 38.9 Å². The molecule has 0 aliphatic carbocycles. The molecule has 0 saturated carbocycles. The molecule has 100 valence electrons. The number of thiophene rings is 1. The molecule has 1 aromatic carbocycles. The molecule has 2 rings (SSSR count). The van der Waals surface area contributed by atoms with Gasteiger partial charge in [-0.05, 0) is 40.5 Å². The van der Waals surface area contributed by atoms with Crippen molar-refractivity contribution >= 4 is 50.2 Å². The van der Waals surface area contributed by atoms with Crippen molar-refractivity contribution in [3.63, 3.8) is 0 Å². The number of nitro groups is 1. The van der Waals surface area contributed by atoms with Gasteiger partial charge < -0.3 is 5.32 Å². The third-order valence-corrected chi connectivity index (χ3v) is 4.97. The molecule has 0 amide bonds. The molecule has 0 aliphatic heterocycles. The van der Waals surface area contributed by atoms with Crippen molar-refractivity contribution in [1.29, 1.82) is 0 Å². The van der Waals surface area contributed by atoms with E-state index in [0.717, 1.165) is 14.9 Å². The van der Waals surface area contributed by atoms with Crippen LogP contribution in [0.4, 0.5) is 11.4 Å². The first-order valence-corrected chi connectivity index (χ1v) is 7.38. The van der Waals surface area contributed by atoms with Crippen molar-refractivity contribution in [3.05, 3.63) is 53.6 Å². The Bertz CT molecular complexity index is 611. The SMILES string of the molecule is Cc1ccc(NCc2cc(Br)c(Cl)s2)c([N+](=O)[O-])c1. The maximum absolute atomic E-state index is 11.0. The van der Waals surface area contributed by atoms with E-state index in [1.54, 1.807) is 12.1 Å². The van der Waals surface area contributed by atoms with Gasteiger partial charge in [-0.15, -0.1) is 11.3 Å². The average Bonchev–Trinajstić information content (AvgIpc) is 2.67. The maximum atomic E-state index is 11.0. The summed E-state index contributed by atoms with van der Waals surface area (Å²) in [4.78, 5) is 11.6. The Morgan fingerprint density at radius 1 is 1.47 bits per heavy atom. The Labute approximate surface area is 127 Å². The Morgan fingerprint density at radius 3 is 2.79 bits per heavy atom. The minimum Gasteiger partial charge on any atom is -0.375 e. The van der Waals surface area contributed by atoms with Gasteiger partial charge in [0.05, 0.1) is 4.92 Å². The highest BCUT2D eigenvalue weighted by molar-refractivity contribution is 9.10. The fourth-order valence-corrected chi connectivity index (χ4v) is 3.33. The summed E-state index contributed by atoms with van der Waals surface area (Å²) < 4.78 is 1.52. The van der Waals surface area contributed by atoms with Crippen LogP contribution in [0.3, 0.4) is 0 Å². The number of hydrogen-bond acceptors (Lipinski definition) is 4. The monoisotopic (exact) mass is 360 g/mol. The predicted octanol–water partition coefficient (Wildman–Crippen LogP) is 4.99. The number of nitrogens with zero attached hydrogens (tertiary/aromatic N) is 1. The minimum atomic E-state index is -0.382. The normalized spacial score (nSPS) is 10.5. The second-order valence-electron chi connectivity index (χ2n) is 3.97. The summed E-state index contributed by atoms with van der Waals surface area (Å²) in [6, 6.07) is 7.02. The molecule has 0 aliphatic rings. The number of nitrogens with one attached hydrogen (secondary N) is 1. The molecule has 0 bridgehead atoms. The minimum absolute atomic E-state index is 0.0849. The van der Waals surface area contributed by atoms with Gasteiger partial charge in [0.2, 0.25) is 0 Å². The summed E-state index contributed by atoms with van der Waals surface area (Å²) in [7, 11) is 0. The molecular weight excluding hydrogens is 352 g/mol. The van der Waals surface area contributed by atoms with Crippen LogP contribution in [-0.2, 0) is 6.54 Å². The lowest BCUT2D eigenvalue weighted by Crippen LogP contribution is -2.01. The van der Waals surface area contributed by atoms with Crippen molar-refractivity contribution in [2.24, 2.45) is 0 Å². The van der Waals surface area contributed by atoms with Gasteiger partial charge in [0.25, 0.3) is 5.69 Å². The fraction of sp³-hybridized carbons (Fsp3) is 0.167. The van der Waals surface area contributed by atoms with Crippen LogP contribution < -0.4 is 5.32 Å². The van der Waals surface area contributed by atoms with Crippen LogP contribution in [0.15, 0.2) is 28.7 Å². The highest BCUT2D eigenvalue weighted by Gasteiger charge is 2.14. The lowest BCUT2D eigenvalue weighted by atomic mass is 10.2. The highest BCUT2D eigenvalue weighted by Crippen LogP contribution is 2.33. The number of halogens is 2. The zero-order valence-electron chi connectivity index (χ0n) is 9.94. The van der Waals surface area contributed by atoms with E-state index in [4.69, 9.17) is 11.6 Å². The molecule has 1 aromatic heterocycles. The quantitative estimate of drug-likeness (QED) is 0.616. The summed E-state index contributed by atoms with van der Waals surface area (Å²) in [6.45, 7) is 2.33. The van der Waals surface area contributed by atoms with E-state index < -0.39 is 0 Å². The zero-order chi connectivity index (χ0) is 14.0. The number of nitro benzene ring substituents is 1. The van der Waals surface area contributed by atoms with E-state index in [-0.39, 0.29) is 10.6 Å². The molecule has 1 N–H and O–H groups in total. The molecule has 0 saturated heterocycles. The van der Waals surface area contributed by atoms with Gasteiger partial charge in [-0.25, -0.2) is 0 Å². The van der Waals surface area contributed by atoms with Crippen molar-refractivity contribution in [3.8, 4) is 0 Å². The lowest BCUT2D eigenvalue weighted by Gasteiger charge is -2.06. The van der Waals surface area contributed by atoms with Gasteiger partial charge in [-0.1, -0.05) is 17.7 Å². The van der Waals surface area contributed by atoms with Gasteiger partial charge in [-0.3, -0.25) is 10.1 Å². The number of hydrogen-bond donors (Lipinski definition) is 1. The second kappa shape index (κ2) is 5.90. The van der Waals surface area contributed by atoms with Crippen molar-refractivity contribution in [2.45, 2.75) is 13.5 Å². The van der Waals surface area contributed by atoms with Gasteiger partial charge >= 0.3 is 0 Å². The molecule has 0 spiro atoms. The summed E-state index contributed by atoms with van der Waals surface area (Å²) in [5.41, 5.74) is 1.46. The molecular formula is C12H10BrClN2O2S. The molecule has 1 heterocycles. The summed E-state index contributed by atoms with van der Waals surface area (Å²) in [5.74, 6) is 0. The fourth-order valence-electron chi connectivity index (χ4n) is 1.60. The van der Waals surface area contributed by atoms with Gasteiger partial charge in [0.15, 0.2) is 0 Å². The lowest BCUT2D eigenvalue weighted by molar-refractivity contribution is -0.384. The summed E-state index contributed by atoms with van der Waals surface area (Å²) in [5, 5.41) is 14.1. The number of benzene rings is 1. The molecule has 2 aromatic rings. The Morgan fingerprint density at radius 2 is 2.21 bits per heavy atom. The molecule has 19 heavy (non-hydrogen) atoms. The molecule has 7 heteroatoms. The smallest absolute Gasteiger partial charge is 0.292 e. The number of rotatable bonds is 4. The first-order chi connectivity index (χ1) is 8.97. The first kappa shape index (κ1) is 14.3. The molecule has 0 fully saturated rings. The number of aryl methyl sites for hydroxylation is 1. The van der Waals surface area contributed by atoms with E-state index in [0.29, 0.717) is 16.6 Å². The first-order valence-electron chi connectivity index (χ1n) is 5.40. The van der Waals surface area contributed by atoms with Crippen molar-refractivity contribution in [2.75, 3.05) is 5.32 Å². The van der Waals surface area contributed by atoms with Crippen molar-refractivity contribution < 1.29 is 4.92 Å².